The smallest absolute Gasteiger partial charge is 0.293 e. The zero-order valence-corrected chi connectivity index (χ0v) is 12.0. The first-order valence-electron chi connectivity index (χ1n) is 5.74. The highest BCUT2D eigenvalue weighted by molar-refractivity contribution is 7.92. The van der Waals surface area contributed by atoms with Crippen molar-refractivity contribution < 1.29 is 17.9 Å². The van der Waals surface area contributed by atoms with E-state index in [1.165, 1.54) is 19.3 Å². The highest BCUT2D eigenvalue weighted by atomic mass is 32.2. The fourth-order valence-corrected chi connectivity index (χ4v) is 3.05. The van der Waals surface area contributed by atoms with Gasteiger partial charge >= 0.3 is 0 Å². The summed E-state index contributed by atoms with van der Waals surface area (Å²) in [7, 11) is -2.46. The number of nitro benzene ring substituents is 1. The minimum atomic E-state index is -3.98. The fraction of sp³-hybridized carbons (Fsp3) is 0.182. The molecule has 0 unspecified atom stereocenters. The van der Waals surface area contributed by atoms with Crippen LogP contribution in [0.5, 0.6) is 0 Å². The molecule has 0 saturated carbocycles. The lowest BCUT2D eigenvalue weighted by atomic mass is 10.2. The fourth-order valence-electron chi connectivity index (χ4n) is 1.78. The molecule has 1 heterocycles. The maximum absolute atomic E-state index is 12.3. The van der Waals surface area contributed by atoms with Crippen molar-refractivity contribution in [3.05, 3.63) is 40.3 Å². The maximum atomic E-state index is 12.3. The molecule has 0 aliphatic heterocycles. The van der Waals surface area contributed by atoms with E-state index in [1.807, 2.05) is 0 Å². The highest BCUT2D eigenvalue weighted by Crippen LogP contribution is 2.31. The first-order valence-corrected chi connectivity index (χ1v) is 7.22. The predicted octanol–water partition coefficient (Wildman–Crippen LogP) is 1.73. The molecule has 0 amide bonds. The van der Waals surface area contributed by atoms with Crippen LogP contribution in [0.1, 0.15) is 5.56 Å². The molecule has 2 aromatic rings. The summed E-state index contributed by atoms with van der Waals surface area (Å²) in [5.41, 5.74) is 0.416. The van der Waals surface area contributed by atoms with Crippen LogP contribution in [0.4, 0.5) is 17.1 Å². The van der Waals surface area contributed by atoms with Gasteiger partial charge in [0, 0.05) is 13.1 Å². The van der Waals surface area contributed by atoms with Gasteiger partial charge in [0.1, 0.15) is 17.6 Å². The van der Waals surface area contributed by atoms with E-state index in [1.54, 1.807) is 6.92 Å². The number of hydrogen-bond acceptors (Lipinski definition) is 7. The van der Waals surface area contributed by atoms with E-state index in [2.05, 4.69) is 19.7 Å². The Morgan fingerprint density at radius 3 is 2.62 bits per heavy atom. The van der Waals surface area contributed by atoms with Crippen LogP contribution in [0.25, 0.3) is 0 Å². The number of sulfonamides is 1. The minimum absolute atomic E-state index is 0.134. The van der Waals surface area contributed by atoms with Crippen molar-refractivity contribution in [1.29, 1.82) is 0 Å². The van der Waals surface area contributed by atoms with Gasteiger partial charge in [-0.1, -0.05) is 5.16 Å². The van der Waals surface area contributed by atoms with Crippen LogP contribution in [0, 0.1) is 17.0 Å². The lowest BCUT2D eigenvalue weighted by Gasteiger charge is -2.10. The van der Waals surface area contributed by atoms with E-state index >= 15 is 0 Å². The van der Waals surface area contributed by atoms with Crippen LogP contribution < -0.4 is 10.0 Å². The van der Waals surface area contributed by atoms with Gasteiger partial charge in [-0.05, 0) is 18.6 Å². The average molecular weight is 312 g/mol. The SMILES string of the molecule is CNc1cc(C)c(S(=O)(=O)Nc2cnoc2)cc1[N+](=O)[O-]. The number of anilines is 2. The first kappa shape index (κ1) is 14.8. The quantitative estimate of drug-likeness (QED) is 0.635. The van der Waals surface area contributed by atoms with Crippen molar-refractivity contribution in [2.24, 2.45) is 0 Å². The minimum Gasteiger partial charge on any atom is -0.383 e. The van der Waals surface area contributed by atoms with Crippen molar-refractivity contribution >= 4 is 27.1 Å². The van der Waals surface area contributed by atoms with E-state index in [9.17, 15) is 18.5 Å². The number of nitrogens with zero attached hydrogens (tertiary/aromatic N) is 2. The molecule has 0 aliphatic carbocycles. The van der Waals surface area contributed by atoms with E-state index in [4.69, 9.17) is 0 Å². The average Bonchev–Trinajstić information content (AvgIpc) is 2.89. The second kappa shape index (κ2) is 5.40. The van der Waals surface area contributed by atoms with Crippen molar-refractivity contribution in [3.63, 3.8) is 0 Å². The Morgan fingerprint density at radius 1 is 1.38 bits per heavy atom. The van der Waals surface area contributed by atoms with Crippen LogP contribution in [0.3, 0.4) is 0 Å². The Balaban J connectivity index is 2.52. The van der Waals surface area contributed by atoms with Crippen molar-refractivity contribution in [1.82, 2.24) is 5.16 Å². The summed E-state index contributed by atoms with van der Waals surface area (Å²) in [6, 6.07) is 2.41. The number of aryl methyl sites for hydroxylation is 1. The molecule has 0 atom stereocenters. The Hall–Kier alpha value is -2.62. The zero-order valence-electron chi connectivity index (χ0n) is 11.2. The van der Waals surface area contributed by atoms with Gasteiger partial charge in [0.05, 0.1) is 16.0 Å². The van der Waals surface area contributed by atoms with E-state index in [0.29, 0.717) is 5.56 Å². The predicted molar refractivity (Wildman–Crippen MR) is 74.7 cm³/mol. The summed E-state index contributed by atoms with van der Waals surface area (Å²) >= 11 is 0. The first-order chi connectivity index (χ1) is 9.85. The van der Waals surface area contributed by atoms with Gasteiger partial charge < -0.3 is 9.84 Å². The molecule has 2 N–H and O–H groups in total. The normalized spacial score (nSPS) is 11.1. The van der Waals surface area contributed by atoms with Crippen LogP contribution in [0.2, 0.25) is 0 Å². The molecule has 2 rings (SSSR count). The lowest BCUT2D eigenvalue weighted by molar-refractivity contribution is -0.384. The number of rotatable bonds is 5. The molecule has 0 aliphatic rings. The number of aromatic nitrogens is 1. The Labute approximate surface area is 120 Å². The molecule has 0 fully saturated rings. The molecule has 1 aromatic carbocycles. The third kappa shape index (κ3) is 2.94. The Morgan fingerprint density at radius 2 is 2.10 bits per heavy atom. The molecule has 1 aromatic heterocycles. The third-order valence-electron chi connectivity index (χ3n) is 2.73. The van der Waals surface area contributed by atoms with Gasteiger partial charge in [-0.3, -0.25) is 14.8 Å². The third-order valence-corrected chi connectivity index (χ3v) is 4.26. The second-order valence-corrected chi connectivity index (χ2v) is 5.81. The summed E-state index contributed by atoms with van der Waals surface area (Å²) in [6.45, 7) is 1.55. The van der Waals surface area contributed by atoms with E-state index in [-0.39, 0.29) is 22.0 Å². The highest BCUT2D eigenvalue weighted by Gasteiger charge is 2.24. The number of hydrogen-bond donors (Lipinski definition) is 2. The molecule has 0 spiro atoms. The molecule has 10 heteroatoms. The molecular formula is C11H12N4O5S. The standard InChI is InChI=1S/C11H12N4O5S/c1-7-3-9(12-2)10(15(16)17)4-11(7)21(18,19)14-8-5-13-20-6-8/h3-6,12,14H,1-2H3. The number of nitro groups is 1. The van der Waals surface area contributed by atoms with Crippen LogP contribution in [0.15, 0.2) is 34.0 Å². The van der Waals surface area contributed by atoms with Gasteiger partial charge in [-0.15, -0.1) is 0 Å². The number of nitrogens with one attached hydrogen (secondary N) is 2. The summed E-state index contributed by atoms with van der Waals surface area (Å²) in [5, 5.41) is 17.0. The monoisotopic (exact) mass is 312 g/mol. The topological polar surface area (TPSA) is 127 Å². The molecular weight excluding hydrogens is 300 g/mol. The van der Waals surface area contributed by atoms with E-state index in [0.717, 1.165) is 12.3 Å². The van der Waals surface area contributed by atoms with Gasteiger partial charge in [-0.25, -0.2) is 8.42 Å². The van der Waals surface area contributed by atoms with E-state index < -0.39 is 14.9 Å². The van der Waals surface area contributed by atoms with Crippen molar-refractivity contribution in [2.75, 3.05) is 17.1 Å². The Bertz CT molecular complexity index is 770. The Kier molecular flexibility index (Phi) is 3.80. The zero-order chi connectivity index (χ0) is 15.6. The van der Waals surface area contributed by atoms with Gasteiger partial charge in [0.15, 0.2) is 0 Å². The number of benzene rings is 1. The molecule has 112 valence electrons. The molecule has 0 bridgehead atoms. The van der Waals surface area contributed by atoms with Crippen molar-refractivity contribution in [3.8, 4) is 0 Å². The summed E-state index contributed by atoms with van der Waals surface area (Å²) in [4.78, 5) is 10.2. The molecule has 9 nitrogen and oxygen atoms in total. The van der Waals surface area contributed by atoms with Crippen LogP contribution in [-0.4, -0.2) is 25.5 Å². The van der Waals surface area contributed by atoms with Crippen LogP contribution in [-0.2, 0) is 10.0 Å². The van der Waals surface area contributed by atoms with Gasteiger partial charge in [0.25, 0.3) is 15.7 Å². The van der Waals surface area contributed by atoms with Gasteiger partial charge in [-0.2, -0.15) is 0 Å². The second-order valence-electron chi connectivity index (χ2n) is 4.16. The summed E-state index contributed by atoms with van der Waals surface area (Å²) < 4.78 is 31.3. The largest absolute Gasteiger partial charge is 0.383 e. The summed E-state index contributed by atoms with van der Waals surface area (Å²) in [6.07, 6.45) is 2.30. The van der Waals surface area contributed by atoms with Crippen molar-refractivity contribution in [2.45, 2.75) is 11.8 Å². The van der Waals surface area contributed by atoms with Gasteiger partial charge in [0.2, 0.25) is 0 Å². The van der Waals surface area contributed by atoms with Crippen LogP contribution >= 0.6 is 0 Å². The molecule has 21 heavy (non-hydrogen) atoms. The molecule has 0 saturated heterocycles. The summed E-state index contributed by atoms with van der Waals surface area (Å²) in [5.74, 6) is 0. The lowest BCUT2D eigenvalue weighted by Crippen LogP contribution is -2.14. The maximum Gasteiger partial charge on any atom is 0.293 e. The molecule has 0 radical (unpaired) electrons.